The van der Waals surface area contributed by atoms with Crippen molar-refractivity contribution in [3.63, 3.8) is 0 Å². The summed E-state index contributed by atoms with van der Waals surface area (Å²) in [5, 5.41) is 6.12. The second kappa shape index (κ2) is 4.35. The van der Waals surface area contributed by atoms with Crippen molar-refractivity contribution in [1.29, 1.82) is 0 Å². The number of benzene rings is 2. The van der Waals surface area contributed by atoms with E-state index in [2.05, 4.69) is 75.7 Å². The van der Waals surface area contributed by atoms with Gasteiger partial charge in [-0.15, -0.1) is 0 Å². The van der Waals surface area contributed by atoms with Gasteiger partial charge >= 0.3 is 0 Å². The van der Waals surface area contributed by atoms with Crippen molar-refractivity contribution in [2.24, 2.45) is 0 Å². The Hall–Kier alpha value is -0.866. The highest BCUT2D eigenvalue weighted by Crippen LogP contribution is 2.16. The minimum atomic E-state index is -1.29. The van der Waals surface area contributed by atoms with Gasteiger partial charge in [0, 0.05) is 0 Å². The van der Waals surface area contributed by atoms with Crippen LogP contribution in [0, 0.1) is 0 Å². The second-order valence-electron chi connectivity index (χ2n) is 7.24. The predicted octanol–water partition coefficient (Wildman–Crippen LogP) is 3.93. The zero-order valence-electron chi connectivity index (χ0n) is 12.5. The quantitative estimate of drug-likeness (QED) is 0.727. The summed E-state index contributed by atoms with van der Waals surface area (Å²) in [5.74, 6) is 0. The second-order valence-corrected chi connectivity index (χ2v) is 17.4. The Bertz CT molecular complexity index is 572. The van der Waals surface area contributed by atoms with Crippen LogP contribution < -0.4 is 10.4 Å². The Morgan fingerprint density at radius 3 is 1.89 bits per heavy atom. The summed E-state index contributed by atoms with van der Waals surface area (Å²) in [6, 6.07) is 13.8. The van der Waals surface area contributed by atoms with Gasteiger partial charge in [-0.3, -0.25) is 0 Å². The predicted molar refractivity (Wildman–Crippen MR) is 89.9 cm³/mol. The minimum Gasteiger partial charge on any atom is -0.0656 e. The van der Waals surface area contributed by atoms with Gasteiger partial charge in [0.1, 0.15) is 0 Å². The Labute approximate surface area is 113 Å². The molecule has 0 aliphatic rings. The summed E-state index contributed by atoms with van der Waals surface area (Å²) >= 11 is 0. The van der Waals surface area contributed by atoms with E-state index in [1.165, 1.54) is 10.8 Å². The monoisotopic (exact) mass is 272 g/mol. The molecule has 0 nitrogen and oxygen atoms in total. The smallest absolute Gasteiger partial charge is 0.0656 e. The van der Waals surface area contributed by atoms with Gasteiger partial charge in [-0.25, -0.2) is 0 Å². The van der Waals surface area contributed by atoms with E-state index in [1.54, 1.807) is 10.4 Å². The summed E-state index contributed by atoms with van der Waals surface area (Å²) in [6.45, 7) is 14.6. The molecule has 2 aromatic rings. The van der Waals surface area contributed by atoms with Gasteiger partial charge < -0.3 is 0 Å². The summed E-state index contributed by atoms with van der Waals surface area (Å²) in [6.07, 6.45) is 0. The van der Waals surface area contributed by atoms with E-state index in [0.717, 1.165) is 0 Å². The summed E-state index contributed by atoms with van der Waals surface area (Å²) in [4.78, 5) is 0. The number of rotatable bonds is 2. The van der Waals surface area contributed by atoms with Gasteiger partial charge in [0.2, 0.25) is 0 Å². The van der Waals surface area contributed by atoms with Gasteiger partial charge in [-0.1, -0.05) is 86.1 Å². The zero-order chi connectivity index (χ0) is 13.6. The summed E-state index contributed by atoms with van der Waals surface area (Å²) in [5.41, 5.74) is 0. The molecule has 0 unspecified atom stereocenters. The number of fused-ring (bicyclic) bond motifs is 1. The topological polar surface area (TPSA) is 0 Å². The van der Waals surface area contributed by atoms with Crippen LogP contribution in [0.3, 0.4) is 0 Å². The Kier molecular flexibility index (Phi) is 3.28. The number of hydrogen-bond donors (Lipinski definition) is 0. The van der Waals surface area contributed by atoms with Crippen molar-refractivity contribution in [2.45, 2.75) is 39.3 Å². The van der Waals surface area contributed by atoms with E-state index in [-0.39, 0.29) is 0 Å². The molecule has 0 radical (unpaired) electrons. The molecule has 0 fully saturated rings. The third-order valence-electron chi connectivity index (χ3n) is 3.54. The Morgan fingerprint density at radius 2 is 1.33 bits per heavy atom. The molecule has 0 saturated heterocycles. The molecule has 2 heteroatoms. The van der Waals surface area contributed by atoms with Crippen molar-refractivity contribution in [3.05, 3.63) is 36.4 Å². The van der Waals surface area contributed by atoms with Crippen molar-refractivity contribution >= 4 is 37.3 Å². The Balaban J connectivity index is 2.81. The molecular formula is C16H24Si2. The van der Waals surface area contributed by atoms with Crippen molar-refractivity contribution in [3.8, 4) is 0 Å². The summed E-state index contributed by atoms with van der Waals surface area (Å²) < 4.78 is 0. The van der Waals surface area contributed by atoms with Gasteiger partial charge in [0.05, 0.1) is 16.1 Å². The standard InChI is InChI=1S/C16H24Si2/c1-17(2,3)14-11-13-9-7-8-10-15(13)16(12-14)18(4,5)6/h7-12H,1-6H3. The first kappa shape index (κ1) is 13.6. The lowest BCUT2D eigenvalue weighted by atomic mass is 10.1. The minimum absolute atomic E-state index is 1.24. The van der Waals surface area contributed by atoms with Crippen LogP contribution in [0.15, 0.2) is 36.4 Å². The van der Waals surface area contributed by atoms with Crippen LogP contribution in [0.4, 0.5) is 0 Å². The molecular weight excluding hydrogens is 248 g/mol. The van der Waals surface area contributed by atoms with Gasteiger partial charge in [-0.2, -0.15) is 0 Å². The van der Waals surface area contributed by atoms with E-state index in [4.69, 9.17) is 0 Å². The molecule has 0 amide bonds. The molecule has 0 spiro atoms. The van der Waals surface area contributed by atoms with Crippen LogP contribution in [-0.4, -0.2) is 16.1 Å². The van der Waals surface area contributed by atoms with Crippen LogP contribution in [0.1, 0.15) is 0 Å². The third-order valence-corrected chi connectivity index (χ3v) is 7.59. The van der Waals surface area contributed by atoms with Crippen LogP contribution >= 0.6 is 0 Å². The maximum Gasteiger partial charge on any atom is 0.0784 e. The lowest BCUT2D eigenvalue weighted by Crippen LogP contribution is -2.45. The van der Waals surface area contributed by atoms with E-state index >= 15 is 0 Å². The van der Waals surface area contributed by atoms with E-state index in [1.807, 2.05) is 0 Å². The van der Waals surface area contributed by atoms with Crippen LogP contribution in [0.25, 0.3) is 10.8 Å². The highest BCUT2D eigenvalue weighted by molar-refractivity contribution is 6.92. The lowest BCUT2D eigenvalue weighted by Gasteiger charge is -2.24. The van der Waals surface area contributed by atoms with Crippen LogP contribution in [-0.2, 0) is 0 Å². The Morgan fingerprint density at radius 1 is 0.722 bits per heavy atom. The molecule has 2 aromatic carbocycles. The van der Waals surface area contributed by atoms with Crippen LogP contribution in [0.5, 0.6) is 0 Å². The first-order valence-electron chi connectivity index (χ1n) is 6.73. The molecule has 0 aliphatic heterocycles. The third kappa shape index (κ3) is 2.59. The molecule has 0 atom stereocenters. The highest BCUT2D eigenvalue weighted by atomic mass is 28.3. The average Bonchev–Trinajstić information content (AvgIpc) is 2.25. The molecule has 0 saturated carbocycles. The molecule has 0 N–H and O–H groups in total. The first-order valence-corrected chi connectivity index (χ1v) is 13.7. The SMILES string of the molecule is C[Si](C)(C)c1cc([Si](C)(C)C)c2ccccc2c1. The summed E-state index contributed by atoms with van der Waals surface area (Å²) in [7, 11) is -2.52. The molecule has 0 bridgehead atoms. The first-order chi connectivity index (χ1) is 8.19. The van der Waals surface area contributed by atoms with Crippen molar-refractivity contribution < 1.29 is 0 Å². The normalized spacial score (nSPS) is 13.0. The van der Waals surface area contributed by atoms with Gasteiger partial charge in [0.15, 0.2) is 0 Å². The molecule has 2 rings (SSSR count). The van der Waals surface area contributed by atoms with E-state index in [0.29, 0.717) is 0 Å². The van der Waals surface area contributed by atoms with Crippen molar-refractivity contribution in [2.75, 3.05) is 0 Å². The average molecular weight is 273 g/mol. The van der Waals surface area contributed by atoms with Crippen LogP contribution in [0.2, 0.25) is 39.3 Å². The lowest BCUT2D eigenvalue weighted by molar-refractivity contribution is 1.69. The van der Waals surface area contributed by atoms with E-state index < -0.39 is 16.1 Å². The molecule has 18 heavy (non-hydrogen) atoms. The molecule has 0 heterocycles. The van der Waals surface area contributed by atoms with E-state index in [9.17, 15) is 0 Å². The maximum absolute atomic E-state index is 2.51. The largest absolute Gasteiger partial charge is 0.0784 e. The fourth-order valence-corrected chi connectivity index (χ4v) is 5.30. The van der Waals surface area contributed by atoms with Crippen molar-refractivity contribution in [1.82, 2.24) is 0 Å². The van der Waals surface area contributed by atoms with Gasteiger partial charge in [0.25, 0.3) is 0 Å². The molecule has 96 valence electrons. The zero-order valence-corrected chi connectivity index (χ0v) is 14.5. The fourth-order valence-electron chi connectivity index (χ4n) is 2.36. The molecule has 0 aromatic heterocycles. The molecule has 0 aliphatic carbocycles. The highest BCUT2D eigenvalue weighted by Gasteiger charge is 2.23. The fraction of sp³-hybridized carbons (Fsp3) is 0.375. The number of hydrogen-bond acceptors (Lipinski definition) is 0. The van der Waals surface area contributed by atoms with Gasteiger partial charge in [-0.05, 0) is 10.8 Å². The maximum atomic E-state index is 2.51.